The van der Waals surface area contributed by atoms with Crippen molar-refractivity contribution in [2.24, 2.45) is 10.7 Å². The first-order valence-corrected chi connectivity index (χ1v) is 6.79. The van der Waals surface area contributed by atoms with Crippen molar-refractivity contribution in [3.63, 3.8) is 0 Å². The van der Waals surface area contributed by atoms with Crippen molar-refractivity contribution in [2.45, 2.75) is 6.92 Å². The van der Waals surface area contributed by atoms with Gasteiger partial charge in [-0.15, -0.1) is 0 Å². The van der Waals surface area contributed by atoms with Crippen molar-refractivity contribution >= 4 is 17.8 Å². The number of methoxy groups -OCH3 is 1. The molecule has 0 radical (unpaired) electrons. The van der Waals surface area contributed by atoms with Gasteiger partial charge in [0, 0.05) is 6.21 Å². The molecule has 0 atom stereocenters. The van der Waals surface area contributed by atoms with E-state index >= 15 is 0 Å². The maximum Gasteiger partial charge on any atom is 0.255 e. The van der Waals surface area contributed by atoms with Gasteiger partial charge in [0.2, 0.25) is 0 Å². The van der Waals surface area contributed by atoms with E-state index < -0.39 is 5.91 Å². The average Bonchev–Trinajstić information content (AvgIpc) is 2.52. The maximum absolute atomic E-state index is 10.8. The van der Waals surface area contributed by atoms with Crippen LogP contribution in [0.1, 0.15) is 11.1 Å². The van der Waals surface area contributed by atoms with Crippen LogP contribution in [0.3, 0.4) is 0 Å². The van der Waals surface area contributed by atoms with Crippen LogP contribution < -0.4 is 15.2 Å². The first-order valence-electron chi connectivity index (χ1n) is 6.79. The Morgan fingerprint density at radius 3 is 2.68 bits per heavy atom. The van der Waals surface area contributed by atoms with Crippen molar-refractivity contribution in [2.75, 3.05) is 13.7 Å². The zero-order chi connectivity index (χ0) is 15.9. The molecule has 0 saturated heterocycles. The number of aliphatic imine (C=N–C) groups is 1. The fourth-order valence-corrected chi connectivity index (χ4v) is 1.88. The van der Waals surface area contributed by atoms with Crippen LogP contribution in [0.15, 0.2) is 47.5 Å². The summed E-state index contributed by atoms with van der Waals surface area (Å²) in [5, 5.41) is 0. The summed E-state index contributed by atoms with van der Waals surface area (Å²) in [6.45, 7) is 1.82. The number of carbonyl (C=O) groups excluding carboxylic acids is 1. The van der Waals surface area contributed by atoms with Gasteiger partial charge < -0.3 is 15.2 Å². The van der Waals surface area contributed by atoms with Gasteiger partial charge >= 0.3 is 0 Å². The molecule has 5 nitrogen and oxygen atoms in total. The van der Waals surface area contributed by atoms with E-state index in [1.807, 2.05) is 37.3 Å². The molecule has 0 aromatic heterocycles. The molecule has 5 heteroatoms. The molecule has 1 amide bonds. The summed E-state index contributed by atoms with van der Waals surface area (Å²) in [6.07, 6.45) is 1.75. The minimum atomic E-state index is -0.535. The summed E-state index contributed by atoms with van der Waals surface area (Å²) in [5.41, 5.74) is 7.95. The lowest BCUT2D eigenvalue weighted by molar-refractivity contribution is -0.119. The third-order valence-electron chi connectivity index (χ3n) is 3.03. The number of nitrogens with two attached hydrogens (primary N) is 1. The Kier molecular flexibility index (Phi) is 5.14. The number of hydrogen-bond acceptors (Lipinski definition) is 4. The summed E-state index contributed by atoms with van der Waals surface area (Å²) in [4.78, 5) is 15.2. The van der Waals surface area contributed by atoms with E-state index in [1.165, 1.54) is 7.11 Å². The Bertz CT molecular complexity index is 696. The molecule has 0 spiro atoms. The van der Waals surface area contributed by atoms with Crippen LogP contribution in [0.5, 0.6) is 11.5 Å². The van der Waals surface area contributed by atoms with Crippen LogP contribution in [-0.2, 0) is 4.79 Å². The molecular formula is C17H18N2O3. The average molecular weight is 298 g/mol. The molecule has 0 aliphatic carbocycles. The molecule has 2 aromatic carbocycles. The second-order valence-electron chi connectivity index (χ2n) is 4.71. The van der Waals surface area contributed by atoms with Crippen LogP contribution in [0.4, 0.5) is 5.69 Å². The third kappa shape index (κ3) is 4.09. The minimum absolute atomic E-state index is 0.187. The van der Waals surface area contributed by atoms with Gasteiger partial charge in [-0.3, -0.25) is 9.79 Å². The summed E-state index contributed by atoms with van der Waals surface area (Å²) >= 11 is 0. The van der Waals surface area contributed by atoms with Crippen molar-refractivity contribution in [1.29, 1.82) is 0 Å². The first-order chi connectivity index (χ1) is 10.6. The molecule has 2 rings (SSSR count). The highest BCUT2D eigenvalue weighted by Crippen LogP contribution is 2.27. The van der Waals surface area contributed by atoms with E-state index in [0.717, 1.165) is 16.8 Å². The van der Waals surface area contributed by atoms with Gasteiger partial charge in [0.25, 0.3) is 5.91 Å². The molecule has 2 N–H and O–H groups in total. The number of rotatable bonds is 6. The Labute approximate surface area is 129 Å². The molecule has 22 heavy (non-hydrogen) atoms. The largest absolute Gasteiger partial charge is 0.493 e. The van der Waals surface area contributed by atoms with Crippen molar-refractivity contribution in [3.8, 4) is 11.5 Å². The summed E-state index contributed by atoms with van der Waals surface area (Å²) in [7, 11) is 1.54. The van der Waals surface area contributed by atoms with Gasteiger partial charge in [0.1, 0.15) is 0 Å². The van der Waals surface area contributed by atoms with E-state index in [-0.39, 0.29) is 6.61 Å². The fraction of sp³-hybridized carbons (Fsp3) is 0.176. The number of nitrogens with zero attached hydrogens (tertiary/aromatic N) is 1. The van der Waals surface area contributed by atoms with E-state index in [9.17, 15) is 4.79 Å². The van der Waals surface area contributed by atoms with E-state index in [4.69, 9.17) is 15.2 Å². The zero-order valence-electron chi connectivity index (χ0n) is 12.6. The molecule has 0 aliphatic heterocycles. The SMILES string of the molecule is COc1cc(C=Nc2ccccc2C)ccc1OCC(N)=O. The van der Waals surface area contributed by atoms with Crippen LogP contribution >= 0.6 is 0 Å². The smallest absolute Gasteiger partial charge is 0.255 e. The topological polar surface area (TPSA) is 73.9 Å². The van der Waals surface area contributed by atoms with Crippen LogP contribution in [0.25, 0.3) is 0 Å². The lowest BCUT2D eigenvalue weighted by Gasteiger charge is -2.09. The fourth-order valence-electron chi connectivity index (χ4n) is 1.88. The number of ether oxygens (including phenoxy) is 2. The van der Waals surface area contributed by atoms with Gasteiger partial charge in [-0.05, 0) is 42.3 Å². The summed E-state index contributed by atoms with van der Waals surface area (Å²) in [6, 6.07) is 13.2. The standard InChI is InChI=1S/C17H18N2O3/c1-12-5-3-4-6-14(12)19-10-13-7-8-15(16(9-13)21-2)22-11-17(18)20/h3-10H,11H2,1-2H3,(H2,18,20). The molecule has 0 bridgehead atoms. The Balaban J connectivity index is 2.19. The lowest BCUT2D eigenvalue weighted by Crippen LogP contribution is -2.20. The molecule has 0 saturated carbocycles. The number of primary amides is 1. The number of para-hydroxylation sites is 1. The normalized spacial score (nSPS) is 10.6. The Hall–Kier alpha value is -2.82. The predicted molar refractivity (Wildman–Crippen MR) is 86.1 cm³/mol. The maximum atomic E-state index is 10.8. The van der Waals surface area contributed by atoms with Crippen molar-refractivity contribution in [3.05, 3.63) is 53.6 Å². The van der Waals surface area contributed by atoms with Crippen LogP contribution in [0.2, 0.25) is 0 Å². The monoisotopic (exact) mass is 298 g/mol. The predicted octanol–water partition coefficient (Wildman–Crippen LogP) is 2.62. The number of carbonyl (C=O) groups is 1. The van der Waals surface area contributed by atoms with Crippen LogP contribution in [-0.4, -0.2) is 25.8 Å². The van der Waals surface area contributed by atoms with E-state index in [2.05, 4.69) is 4.99 Å². The molecule has 0 heterocycles. The molecule has 2 aromatic rings. The van der Waals surface area contributed by atoms with Crippen molar-refractivity contribution < 1.29 is 14.3 Å². The molecule has 114 valence electrons. The highest BCUT2D eigenvalue weighted by Gasteiger charge is 2.06. The molecule has 0 fully saturated rings. The Morgan fingerprint density at radius 1 is 1.23 bits per heavy atom. The van der Waals surface area contributed by atoms with Crippen molar-refractivity contribution in [1.82, 2.24) is 0 Å². The zero-order valence-corrected chi connectivity index (χ0v) is 12.6. The highest BCUT2D eigenvalue weighted by atomic mass is 16.5. The lowest BCUT2D eigenvalue weighted by atomic mass is 10.2. The van der Waals surface area contributed by atoms with Gasteiger partial charge in [-0.2, -0.15) is 0 Å². The van der Waals surface area contributed by atoms with Gasteiger partial charge in [0.05, 0.1) is 12.8 Å². The van der Waals surface area contributed by atoms with Crippen LogP contribution in [0, 0.1) is 6.92 Å². The number of aryl methyl sites for hydroxylation is 1. The first kappa shape index (κ1) is 15.6. The second-order valence-corrected chi connectivity index (χ2v) is 4.71. The van der Waals surface area contributed by atoms with Gasteiger partial charge in [-0.1, -0.05) is 18.2 Å². The molecular weight excluding hydrogens is 280 g/mol. The second kappa shape index (κ2) is 7.26. The highest BCUT2D eigenvalue weighted by molar-refractivity contribution is 5.83. The Morgan fingerprint density at radius 2 is 2.00 bits per heavy atom. The third-order valence-corrected chi connectivity index (χ3v) is 3.03. The number of benzene rings is 2. The van der Waals surface area contributed by atoms with E-state index in [0.29, 0.717) is 11.5 Å². The number of hydrogen-bond donors (Lipinski definition) is 1. The number of amides is 1. The van der Waals surface area contributed by atoms with E-state index in [1.54, 1.807) is 18.3 Å². The summed E-state index contributed by atoms with van der Waals surface area (Å²) in [5.74, 6) is 0.455. The summed E-state index contributed by atoms with van der Waals surface area (Å²) < 4.78 is 10.5. The van der Waals surface area contributed by atoms with Gasteiger partial charge in [-0.25, -0.2) is 0 Å². The molecule has 0 aliphatic rings. The van der Waals surface area contributed by atoms with Gasteiger partial charge in [0.15, 0.2) is 18.1 Å². The quantitative estimate of drug-likeness (QED) is 0.833. The molecule has 0 unspecified atom stereocenters. The minimum Gasteiger partial charge on any atom is -0.493 e.